The summed E-state index contributed by atoms with van der Waals surface area (Å²) in [7, 11) is 6.31. The summed E-state index contributed by atoms with van der Waals surface area (Å²) in [6, 6.07) is 0.249. The van der Waals surface area contributed by atoms with Crippen LogP contribution in [0, 0.1) is 0 Å². The molecule has 0 aliphatic rings. The molecule has 0 saturated carbocycles. The molecule has 104 valence electrons. The van der Waals surface area contributed by atoms with E-state index in [1.54, 1.807) is 0 Å². The highest BCUT2D eigenvalue weighted by atomic mass is 15.2. The minimum absolute atomic E-state index is 0.249. The van der Waals surface area contributed by atoms with Crippen molar-refractivity contribution in [3.8, 4) is 0 Å². The lowest BCUT2D eigenvalue weighted by Crippen LogP contribution is -2.36. The van der Waals surface area contributed by atoms with E-state index >= 15 is 0 Å². The van der Waals surface area contributed by atoms with E-state index in [1.807, 2.05) is 12.5 Å². The lowest BCUT2D eigenvalue weighted by molar-refractivity contribution is 0.215. The molecule has 0 bridgehead atoms. The zero-order chi connectivity index (χ0) is 13.5. The number of aryl methyl sites for hydroxylation is 1. The zero-order valence-corrected chi connectivity index (χ0v) is 12.1. The number of likely N-dealkylation sites (N-methyl/N-ethyl adjacent to an activating group) is 2. The first-order chi connectivity index (χ1) is 8.60. The van der Waals surface area contributed by atoms with Gasteiger partial charge in [0.25, 0.3) is 0 Å². The molecule has 5 nitrogen and oxygen atoms in total. The second kappa shape index (κ2) is 7.51. The second-order valence-electron chi connectivity index (χ2n) is 5.05. The lowest BCUT2D eigenvalue weighted by Gasteiger charge is -2.28. The Labute approximate surface area is 111 Å². The summed E-state index contributed by atoms with van der Waals surface area (Å²) in [5.41, 5.74) is 7.16. The fourth-order valence-corrected chi connectivity index (χ4v) is 2.08. The van der Waals surface area contributed by atoms with Crippen molar-refractivity contribution in [1.82, 2.24) is 19.4 Å². The van der Waals surface area contributed by atoms with Gasteiger partial charge >= 0.3 is 0 Å². The Kier molecular flexibility index (Phi) is 6.32. The summed E-state index contributed by atoms with van der Waals surface area (Å²) in [6.07, 6.45) is 4.96. The van der Waals surface area contributed by atoms with Gasteiger partial charge in [0.15, 0.2) is 0 Å². The Morgan fingerprint density at radius 2 is 2.06 bits per heavy atom. The third-order valence-corrected chi connectivity index (χ3v) is 3.21. The largest absolute Gasteiger partial charge is 0.333 e. The van der Waals surface area contributed by atoms with Crippen LogP contribution in [0.15, 0.2) is 12.5 Å². The average molecular weight is 253 g/mol. The number of hydrogen-bond acceptors (Lipinski definition) is 4. The molecule has 0 amide bonds. The number of imidazole rings is 1. The van der Waals surface area contributed by atoms with Gasteiger partial charge in [-0.3, -0.25) is 4.90 Å². The second-order valence-corrected chi connectivity index (χ2v) is 5.05. The van der Waals surface area contributed by atoms with Crippen LogP contribution in [0.4, 0.5) is 0 Å². The maximum Gasteiger partial charge on any atom is 0.0948 e. The Bertz CT molecular complexity index is 334. The van der Waals surface area contributed by atoms with Crippen molar-refractivity contribution < 1.29 is 0 Å². The lowest BCUT2D eigenvalue weighted by atomic mass is 10.2. The summed E-state index contributed by atoms with van der Waals surface area (Å²) in [5, 5.41) is 0. The van der Waals surface area contributed by atoms with Gasteiger partial charge in [-0.05, 0) is 27.6 Å². The zero-order valence-electron chi connectivity index (χ0n) is 12.1. The van der Waals surface area contributed by atoms with Crippen LogP contribution in [0.5, 0.6) is 0 Å². The number of nitrogens with zero attached hydrogens (tertiary/aromatic N) is 4. The molecule has 2 N–H and O–H groups in total. The molecule has 18 heavy (non-hydrogen) atoms. The van der Waals surface area contributed by atoms with Crippen molar-refractivity contribution in [2.24, 2.45) is 5.73 Å². The van der Waals surface area contributed by atoms with Crippen LogP contribution < -0.4 is 5.73 Å². The van der Waals surface area contributed by atoms with Crippen LogP contribution in [0.1, 0.15) is 25.1 Å². The van der Waals surface area contributed by atoms with Gasteiger partial charge in [-0.2, -0.15) is 0 Å². The number of rotatable bonds is 8. The van der Waals surface area contributed by atoms with E-state index < -0.39 is 0 Å². The molecular weight excluding hydrogens is 226 g/mol. The third-order valence-electron chi connectivity index (χ3n) is 3.21. The SMILES string of the molecule is CCCn1cncc1C(CN)N(C)CCN(C)C. The Hall–Kier alpha value is -0.910. The van der Waals surface area contributed by atoms with E-state index in [9.17, 15) is 0 Å². The number of nitrogens with two attached hydrogens (primary N) is 1. The van der Waals surface area contributed by atoms with E-state index in [1.165, 1.54) is 5.69 Å². The Morgan fingerprint density at radius 1 is 1.33 bits per heavy atom. The molecule has 0 radical (unpaired) electrons. The van der Waals surface area contributed by atoms with Crippen LogP contribution in [0.2, 0.25) is 0 Å². The van der Waals surface area contributed by atoms with Crippen molar-refractivity contribution in [2.75, 3.05) is 40.8 Å². The molecule has 1 heterocycles. The van der Waals surface area contributed by atoms with Crippen molar-refractivity contribution >= 4 is 0 Å². The van der Waals surface area contributed by atoms with E-state index in [0.29, 0.717) is 6.54 Å². The summed E-state index contributed by atoms with van der Waals surface area (Å²) in [4.78, 5) is 8.75. The van der Waals surface area contributed by atoms with Gasteiger partial charge in [0.05, 0.1) is 18.1 Å². The van der Waals surface area contributed by atoms with E-state index in [2.05, 4.69) is 47.4 Å². The van der Waals surface area contributed by atoms with Gasteiger partial charge in [-0.25, -0.2) is 4.98 Å². The van der Waals surface area contributed by atoms with Crippen molar-refractivity contribution in [3.63, 3.8) is 0 Å². The molecule has 0 spiro atoms. The molecule has 1 unspecified atom stereocenters. The Balaban J connectivity index is 2.71. The van der Waals surface area contributed by atoms with E-state index in [0.717, 1.165) is 26.1 Å². The summed E-state index contributed by atoms with van der Waals surface area (Å²) in [6.45, 7) is 5.85. The number of hydrogen-bond donors (Lipinski definition) is 1. The standard InChI is InChI=1S/C13H27N5/c1-5-6-18-11-15-10-13(18)12(9-14)17(4)8-7-16(2)3/h10-12H,5-9,14H2,1-4H3. The van der Waals surface area contributed by atoms with Crippen molar-refractivity contribution in [1.29, 1.82) is 0 Å². The van der Waals surface area contributed by atoms with Crippen molar-refractivity contribution in [2.45, 2.75) is 25.9 Å². The minimum Gasteiger partial charge on any atom is -0.333 e. The van der Waals surface area contributed by atoms with Crippen LogP contribution in [0.25, 0.3) is 0 Å². The summed E-state index contributed by atoms with van der Waals surface area (Å²) < 4.78 is 2.21. The topological polar surface area (TPSA) is 50.3 Å². The molecule has 1 atom stereocenters. The molecule has 0 saturated heterocycles. The van der Waals surface area contributed by atoms with Crippen LogP contribution in [0.3, 0.4) is 0 Å². The summed E-state index contributed by atoms with van der Waals surface area (Å²) in [5.74, 6) is 0. The maximum atomic E-state index is 5.94. The third kappa shape index (κ3) is 4.08. The monoisotopic (exact) mass is 253 g/mol. The predicted octanol–water partition coefficient (Wildman–Crippen LogP) is 0.786. The van der Waals surface area contributed by atoms with Crippen LogP contribution in [-0.4, -0.2) is 60.1 Å². The van der Waals surface area contributed by atoms with Gasteiger partial charge in [0.1, 0.15) is 0 Å². The highest BCUT2D eigenvalue weighted by Crippen LogP contribution is 2.18. The highest BCUT2D eigenvalue weighted by Gasteiger charge is 2.18. The molecule has 5 heteroatoms. The molecule has 0 aliphatic heterocycles. The number of aromatic nitrogens is 2. The molecule has 0 aromatic carbocycles. The minimum atomic E-state index is 0.249. The van der Waals surface area contributed by atoms with Crippen LogP contribution >= 0.6 is 0 Å². The van der Waals surface area contributed by atoms with E-state index in [-0.39, 0.29) is 6.04 Å². The highest BCUT2D eigenvalue weighted by molar-refractivity contribution is 5.06. The quantitative estimate of drug-likeness (QED) is 0.744. The Morgan fingerprint density at radius 3 is 2.61 bits per heavy atom. The maximum absolute atomic E-state index is 5.94. The fourth-order valence-electron chi connectivity index (χ4n) is 2.08. The van der Waals surface area contributed by atoms with Gasteiger partial charge < -0.3 is 15.2 Å². The normalized spacial score (nSPS) is 13.5. The predicted molar refractivity (Wildman–Crippen MR) is 75.5 cm³/mol. The fraction of sp³-hybridized carbons (Fsp3) is 0.769. The first-order valence-electron chi connectivity index (χ1n) is 6.65. The molecule has 0 aliphatic carbocycles. The first-order valence-corrected chi connectivity index (χ1v) is 6.65. The molecule has 1 aromatic heterocycles. The van der Waals surface area contributed by atoms with Gasteiger partial charge in [0.2, 0.25) is 0 Å². The van der Waals surface area contributed by atoms with Crippen molar-refractivity contribution in [3.05, 3.63) is 18.2 Å². The molecule has 0 fully saturated rings. The molecule has 1 aromatic rings. The smallest absolute Gasteiger partial charge is 0.0948 e. The van der Waals surface area contributed by atoms with Gasteiger partial charge in [-0.15, -0.1) is 0 Å². The molecular formula is C13H27N5. The van der Waals surface area contributed by atoms with E-state index in [4.69, 9.17) is 5.73 Å². The summed E-state index contributed by atoms with van der Waals surface area (Å²) >= 11 is 0. The van der Waals surface area contributed by atoms with Crippen LogP contribution in [-0.2, 0) is 6.54 Å². The van der Waals surface area contributed by atoms with Gasteiger partial charge in [0, 0.05) is 32.4 Å². The molecule has 1 rings (SSSR count). The average Bonchev–Trinajstić information content (AvgIpc) is 2.76. The van der Waals surface area contributed by atoms with Gasteiger partial charge in [-0.1, -0.05) is 6.92 Å². The first kappa shape index (κ1) is 15.1.